The van der Waals surface area contributed by atoms with Crippen LogP contribution in [0.3, 0.4) is 0 Å². The van der Waals surface area contributed by atoms with E-state index in [1.54, 1.807) is 6.92 Å². The van der Waals surface area contributed by atoms with Gasteiger partial charge in [-0.15, -0.1) is 0 Å². The van der Waals surface area contributed by atoms with Crippen molar-refractivity contribution in [3.05, 3.63) is 0 Å². The van der Waals surface area contributed by atoms with Crippen molar-refractivity contribution < 1.29 is 4.79 Å². The summed E-state index contributed by atoms with van der Waals surface area (Å²) < 4.78 is 0. The molecule has 2 unspecified atom stereocenters. The Morgan fingerprint density at radius 2 is 2.23 bits per heavy atom. The lowest BCUT2D eigenvalue weighted by Gasteiger charge is -2.17. The molecule has 0 aliphatic heterocycles. The van der Waals surface area contributed by atoms with Crippen LogP contribution in [0.1, 0.15) is 39.5 Å². The Hall–Kier alpha value is -0.570. The molecule has 2 atom stereocenters. The normalized spacial score (nSPS) is 20.8. The first kappa shape index (κ1) is 10.5. The molecule has 13 heavy (non-hydrogen) atoms. The van der Waals surface area contributed by atoms with Crippen LogP contribution in [0.15, 0.2) is 0 Å². The van der Waals surface area contributed by atoms with Gasteiger partial charge in [0.15, 0.2) is 0 Å². The molecule has 3 N–H and O–H groups in total. The predicted octanol–water partition coefficient (Wildman–Crippen LogP) is 1.03. The maximum Gasteiger partial charge on any atom is 0.236 e. The average molecular weight is 184 g/mol. The average Bonchev–Trinajstić information content (AvgIpc) is 2.86. The van der Waals surface area contributed by atoms with E-state index >= 15 is 0 Å². The van der Waals surface area contributed by atoms with E-state index in [0.717, 1.165) is 18.8 Å². The molecule has 0 aromatic rings. The SMILES string of the molecule is CCC(CC1CC1)NC(=O)C(C)N. The van der Waals surface area contributed by atoms with Gasteiger partial charge in [-0.05, 0) is 25.7 Å². The van der Waals surface area contributed by atoms with E-state index in [4.69, 9.17) is 5.73 Å². The predicted molar refractivity (Wildman–Crippen MR) is 53.2 cm³/mol. The van der Waals surface area contributed by atoms with Gasteiger partial charge in [-0.3, -0.25) is 4.79 Å². The van der Waals surface area contributed by atoms with Crippen molar-refractivity contribution >= 4 is 5.91 Å². The fourth-order valence-corrected chi connectivity index (χ4v) is 1.42. The highest BCUT2D eigenvalue weighted by atomic mass is 16.2. The van der Waals surface area contributed by atoms with Gasteiger partial charge in [0.2, 0.25) is 5.91 Å². The van der Waals surface area contributed by atoms with Crippen molar-refractivity contribution in [2.75, 3.05) is 0 Å². The van der Waals surface area contributed by atoms with Gasteiger partial charge in [-0.25, -0.2) is 0 Å². The Morgan fingerprint density at radius 1 is 1.62 bits per heavy atom. The minimum Gasteiger partial charge on any atom is -0.352 e. The summed E-state index contributed by atoms with van der Waals surface area (Å²) in [5.41, 5.74) is 5.47. The minimum absolute atomic E-state index is 0.0208. The summed E-state index contributed by atoms with van der Waals surface area (Å²) in [6.07, 6.45) is 4.82. The first-order valence-electron chi connectivity index (χ1n) is 5.19. The maximum absolute atomic E-state index is 11.3. The molecular weight excluding hydrogens is 164 g/mol. The van der Waals surface area contributed by atoms with Crippen LogP contribution in [0.25, 0.3) is 0 Å². The van der Waals surface area contributed by atoms with Gasteiger partial charge in [-0.1, -0.05) is 19.8 Å². The van der Waals surface area contributed by atoms with Crippen LogP contribution in [0, 0.1) is 5.92 Å². The first-order valence-corrected chi connectivity index (χ1v) is 5.19. The minimum atomic E-state index is -0.381. The van der Waals surface area contributed by atoms with Crippen LogP contribution in [0.4, 0.5) is 0 Å². The molecule has 0 aromatic carbocycles. The van der Waals surface area contributed by atoms with Gasteiger partial charge in [0, 0.05) is 6.04 Å². The lowest BCUT2D eigenvalue weighted by atomic mass is 10.1. The number of carbonyl (C=O) groups excluding carboxylic acids is 1. The standard InChI is InChI=1S/C10H20N2O/c1-3-9(6-8-4-5-8)12-10(13)7(2)11/h7-9H,3-6,11H2,1-2H3,(H,12,13). The van der Waals surface area contributed by atoms with Crippen LogP contribution >= 0.6 is 0 Å². The Balaban J connectivity index is 2.25. The van der Waals surface area contributed by atoms with Crippen molar-refractivity contribution in [3.8, 4) is 0 Å². The number of amides is 1. The number of nitrogens with one attached hydrogen (secondary N) is 1. The Bertz CT molecular complexity index is 176. The van der Waals surface area contributed by atoms with Crippen LogP contribution in [0.2, 0.25) is 0 Å². The van der Waals surface area contributed by atoms with E-state index < -0.39 is 0 Å². The summed E-state index contributed by atoms with van der Waals surface area (Å²) in [7, 11) is 0. The van der Waals surface area contributed by atoms with Crippen molar-refractivity contribution in [2.45, 2.75) is 51.6 Å². The molecule has 0 bridgehead atoms. The molecule has 3 nitrogen and oxygen atoms in total. The zero-order chi connectivity index (χ0) is 9.84. The van der Waals surface area contributed by atoms with Crippen molar-refractivity contribution in [1.82, 2.24) is 5.32 Å². The number of carbonyl (C=O) groups is 1. The molecule has 0 spiro atoms. The monoisotopic (exact) mass is 184 g/mol. The van der Waals surface area contributed by atoms with Gasteiger partial charge in [0.05, 0.1) is 6.04 Å². The smallest absolute Gasteiger partial charge is 0.236 e. The highest BCUT2D eigenvalue weighted by Crippen LogP contribution is 2.33. The van der Waals surface area contributed by atoms with Crippen LogP contribution in [-0.4, -0.2) is 18.0 Å². The van der Waals surface area contributed by atoms with Crippen molar-refractivity contribution in [2.24, 2.45) is 11.7 Å². The summed E-state index contributed by atoms with van der Waals surface area (Å²) in [6.45, 7) is 3.83. The van der Waals surface area contributed by atoms with E-state index in [9.17, 15) is 4.79 Å². The molecule has 1 saturated carbocycles. The molecule has 0 heterocycles. The molecule has 1 amide bonds. The topological polar surface area (TPSA) is 55.1 Å². The van der Waals surface area contributed by atoms with Gasteiger partial charge in [0.25, 0.3) is 0 Å². The Morgan fingerprint density at radius 3 is 2.62 bits per heavy atom. The van der Waals surface area contributed by atoms with E-state index in [-0.39, 0.29) is 11.9 Å². The largest absolute Gasteiger partial charge is 0.352 e. The second-order valence-electron chi connectivity index (χ2n) is 4.08. The summed E-state index contributed by atoms with van der Waals surface area (Å²) in [4.78, 5) is 11.3. The number of hydrogen-bond donors (Lipinski definition) is 2. The first-order chi connectivity index (χ1) is 6.13. The number of hydrogen-bond acceptors (Lipinski definition) is 2. The molecule has 76 valence electrons. The number of rotatable bonds is 5. The fourth-order valence-electron chi connectivity index (χ4n) is 1.42. The van der Waals surface area contributed by atoms with Gasteiger partial charge >= 0.3 is 0 Å². The third-order valence-corrected chi connectivity index (χ3v) is 2.57. The van der Waals surface area contributed by atoms with Crippen LogP contribution < -0.4 is 11.1 Å². The molecule has 1 rings (SSSR count). The second-order valence-corrected chi connectivity index (χ2v) is 4.08. The van der Waals surface area contributed by atoms with Gasteiger partial charge in [0.1, 0.15) is 0 Å². The summed E-state index contributed by atoms with van der Waals surface area (Å²) in [5, 5.41) is 2.97. The summed E-state index contributed by atoms with van der Waals surface area (Å²) in [6, 6.07) is -0.0424. The molecular formula is C10H20N2O. The lowest BCUT2D eigenvalue weighted by Crippen LogP contribution is -2.43. The van der Waals surface area contributed by atoms with Gasteiger partial charge in [-0.2, -0.15) is 0 Å². The zero-order valence-corrected chi connectivity index (χ0v) is 8.55. The maximum atomic E-state index is 11.3. The third kappa shape index (κ3) is 3.77. The van der Waals surface area contributed by atoms with Crippen molar-refractivity contribution in [1.29, 1.82) is 0 Å². The third-order valence-electron chi connectivity index (χ3n) is 2.57. The van der Waals surface area contributed by atoms with Crippen LogP contribution in [-0.2, 0) is 4.79 Å². The quantitative estimate of drug-likeness (QED) is 0.670. The van der Waals surface area contributed by atoms with E-state index in [2.05, 4.69) is 12.2 Å². The highest BCUT2D eigenvalue weighted by molar-refractivity contribution is 5.81. The van der Waals surface area contributed by atoms with Crippen molar-refractivity contribution in [3.63, 3.8) is 0 Å². The van der Waals surface area contributed by atoms with E-state index in [0.29, 0.717) is 6.04 Å². The van der Waals surface area contributed by atoms with Gasteiger partial charge < -0.3 is 11.1 Å². The molecule has 1 fully saturated rings. The molecule has 0 radical (unpaired) electrons. The lowest BCUT2D eigenvalue weighted by molar-refractivity contribution is -0.122. The van der Waals surface area contributed by atoms with E-state index in [1.807, 2.05) is 0 Å². The van der Waals surface area contributed by atoms with Crippen LogP contribution in [0.5, 0.6) is 0 Å². The summed E-state index contributed by atoms with van der Waals surface area (Å²) >= 11 is 0. The number of nitrogens with two attached hydrogens (primary N) is 1. The fraction of sp³-hybridized carbons (Fsp3) is 0.900. The Labute approximate surface area is 80.1 Å². The highest BCUT2D eigenvalue weighted by Gasteiger charge is 2.25. The summed E-state index contributed by atoms with van der Waals surface area (Å²) in [5.74, 6) is 0.839. The molecule has 3 heteroatoms. The second kappa shape index (κ2) is 4.61. The molecule has 0 saturated heterocycles. The molecule has 1 aliphatic rings. The van der Waals surface area contributed by atoms with E-state index in [1.165, 1.54) is 12.8 Å². The molecule has 0 aromatic heterocycles. The Kier molecular flexibility index (Phi) is 3.72. The molecule has 1 aliphatic carbocycles. The zero-order valence-electron chi connectivity index (χ0n) is 8.55.